The number of aromatic amines is 1. The van der Waals surface area contributed by atoms with Crippen LogP contribution in [-0.2, 0) is 6.54 Å². The van der Waals surface area contributed by atoms with Gasteiger partial charge in [0.15, 0.2) is 4.77 Å². The number of benzene rings is 1. The molecule has 0 radical (unpaired) electrons. The van der Waals surface area contributed by atoms with Crippen molar-refractivity contribution in [3.05, 3.63) is 39.4 Å². The molecule has 6 nitrogen and oxygen atoms in total. The van der Waals surface area contributed by atoms with Crippen molar-refractivity contribution >= 4 is 24.6 Å². The van der Waals surface area contributed by atoms with E-state index in [1.165, 1.54) is 6.07 Å². The highest BCUT2D eigenvalue weighted by Crippen LogP contribution is 2.29. The van der Waals surface area contributed by atoms with E-state index in [1.807, 2.05) is 16.7 Å². The van der Waals surface area contributed by atoms with E-state index in [9.17, 15) is 4.79 Å². The van der Waals surface area contributed by atoms with E-state index >= 15 is 0 Å². The van der Waals surface area contributed by atoms with Gasteiger partial charge in [-0.3, -0.25) is 9.78 Å². The van der Waals surface area contributed by atoms with Crippen molar-refractivity contribution in [3.63, 3.8) is 0 Å². The Balaban J connectivity index is 0.00000264. The van der Waals surface area contributed by atoms with Gasteiger partial charge in [-0.2, -0.15) is 0 Å². The summed E-state index contributed by atoms with van der Waals surface area (Å²) in [5.41, 5.74) is 6.84. The van der Waals surface area contributed by atoms with Crippen molar-refractivity contribution in [1.82, 2.24) is 9.55 Å². The third kappa shape index (κ3) is 4.57. The lowest BCUT2D eigenvalue weighted by Gasteiger charge is -2.15. The highest BCUT2D eigenvalue weighted by atomic mass is 35.5. The number of ether oxygens (including phenoxy) is 2. The predicted octanol–water partition coefficient (Wildman–Crippen LogP) is 2.36. The maximum absolute atomic E-state index is 11.8. The van der Waals surface area contributed by atoms with Gasteiger partial charge >= 0.3 is 0 Å². The van der Waals surface area contributed by atoms with Crippen LogP contribution in [-0.4, -0.2) is 30.3 Å². The molecule has 0 unspecified atom stereocenters. The lowest BCUT2D eigenvalue weighted by atomic mass is 10.1. The SMILES string of the molecule is COc1cc(OC)cc(-c2cc(=O)[nH]c(=S)n2CCCN)c1.Cl. The number of rotatable bonds is 6. The first-order chi connectivity index (χ1) is 10.6. The van der Waals surface area contributed by atoms with Gasteiger partial charge in [0.1, 0.15) is 11.5 Å². The fraction of sp³-hybridized carbons (Fsp3) is 0.333. The van der Waals surface area contributed by atoms with Crippen molar-refractivity contribution < 1.29 is 9.47 Å². The second-order valence-corrected chi connectivity index (χ2v) is 5.11. The second-order valence-electron chi connectivity index (χ2n) is 4.72. The minimum atomic E-state index is -0.245. The number of nitrogens with two attached hydrogens (primary N) is 1. The summed E-state index contributed by atoms with van der Waals surface area (Å²) in [7, 11) is 3.16. The molecule has 0 fully saturated rings. The average molecular weight is 358 g/mol. The summed E-state index contributed by atoms with van der Waals surface area (Å²) < 4.78 is 12.8. The Morgan fingerprint density at radius 1 is 1.17 bits per heavy atom. The molecule has 0 atom stereocenters. The summed E-state index contributed by atoms with van der Waals surface area (Å²) in [6, 6.07) is 6.96. The Hall–Kier alpha value is -1.83. The molecule has 0 spiro atoms. The normalized spacial score (nSPS) is 10.0. The summed E-state index contributed by atoms with van der Waals surface area (Å²) in [5.74, 6) is 1.29. The van der Waals surface area contributed by atoms with Crippen molar-refractivity contribution in [2.45, 2.75) is 13.0 Å². The summed E-state index contributed by atoms with van der Waals surface area (Å²) >= 11 is 5.27. The second kappa shape index (κ2) is 8.71. The minimum absolute atomic E-state index is 0. The number of aromatic nitrogens is 2. The highest BCUT2D eigenvalue weighted by molar-refractivity contribution is 7.71. The van der Waals surface area contributed by atoms with Crippen LogP contribution >= 0.6 is 24.6 Å². The van der Waals surface area contributed by atoms with Crippen molar-refractivity contribution in [2.24, 2.45) is 5.73 Å². The topological polar surface area (TPSA) is 82.3 Å². The molecule has 0 saturated carbocycles. The Labute approximate surface area is 145 Å². The molecule has 0 amide bonds. The predicted molar refractivity (Wildman–Crippen MR) is 95.3 cm³/mol. The molecular weight excluding hydrogens is 338 g/mol. The summed E-state index contributed by atoms with van der Waals surface area (Å²) in [5, 5.41) is 0. The maximum atomic E-state index is 11.8. The maximum Gasteiger partial charge on any atom is 0.252 e. The van der Waals surface area contributed by atoms with Gasteiger partial charge in [-0.1, -0.05) is 0 Å². The van der Waals surface area contributed by atoms with Gasteiger partial charge in [-0.25, -0.2) is 0 Å². The number of halogens is 1. The third-order valence-corrected chi connectivity index (χ3v) is 3.59. The number of H-pyrrole nitrogens is 1. The van der Waals surface area contributed by atoms with Crippen LogP contribution in [0.5, 0.6) is 11.5 Å². The van der Waals surface area contributed by atoms with E-state index in [1.54, 1.807) is 20.3 Å². The van der Waals surface area contributed by atoms with Crippen LogP contribution in [0, 0.1) is 4.77 Å². The number of nitrogens with one attached hydrogen (secondary N) is 1. The van der Waals surface area contributed by atoms with Crippen molar-refractivity contribution in [2.75, 3.05) is 20.8 Å². The summed E-state index contributed by atoms with van der Waals surface area (Å²) in [6.07, 6.45) is 0.758. The highest BCUT2D eigenvalue weighted by Gasteiger charge is 2.10. The molecule has 126 valence electrons. The number of methoxy groups -OCH3 is 2. The van der Waals surface area contributed by atoms with Crippen LogP contribution in [0.1, 0.15) is 6.42 Å². The van der Waals surface area contributed by atoms with E-state index in [-0.39, 0.29) is 18.0 Å². The van der Waals surface area contributed by atoms with Gasteiger partial charge in [0.05, 0.1) is 19.9 Å². The minimum Gasteiger partial charge on any atom is -0.497 e. The monoisotopic (exact) mass is 357 g/mol. The number of nitrogens with zero attached hydrogens (tertiary/aromatic N) is 1. The van der Waals surface area contributed by atoms with Gasteiger partial charge in [-0.15, -0.1) is 12.4 Å². The Kier molecular flexibility index (Phi) is 7.28. The molecule has 2 aromatic rings. The molecule has 1 aromatic heterocycles. The Morgan fingerprint density at radius 3 is 2.30 bits per heavy atom. The molecular formula is C15H20ClN3O3S. The van der Waals surface area contributed by atoms with E-state index in [2.05, 4.69) is 4.98 Å². The molecule has 0 aliphatic carbocycles. The zero-order valence-corrected chi connectivity index (χ0v) is 14.6. The lowest BCUT2D eigenvalue weighted by molar-refractivity contribution is 0.394. The Morgan fingerprint density at radius 2 is 1.78 bits per heavy atom. The van der Waals surface area contributed by atoms with Crippen LogP contribution in [0.3, 0.4) is 0 Å². The molecule has 2 rings (SSSR count). The molecule has 8 heteroatoms. The van der Waals surface area contributed by atoms with Crippen LogP contribution < -0.4 is 20.8 Å². The fourth-order valence-electron chi connectivity index (χ4n) is 2.19. The summed E-state index contributed by atoms with van der Waals surface area (Å²) in [6.45, 7) is 1.17. The summed E-state index contributed by atoms with van der Waals surface area (Å²) in [4.78, 5) is 14.4. The fourth-order valence-corrected chi connectivity index (χ4v) is 2.48. The first-order valence-electron chi connectivity index (χ1n) is 6.86. The van der Waals surface area contributed by atoms with Gasteiger partial charge < -0.3 is 19.8 Å². The molecule has 0 saturated heterocycles. The first kappa shape index (κ1) is 19.2. The number of hydrogen-bond donors (Lipinski definition) is 2. The van der Waals surface area contributed by atoms with Crippen LogP contribution in [0.15, 0.2) is 29.1 Å². The van der Waals surface area contributed by atoms with Crippen LogP contribution in [0.2, 0.25) is 0 Å². The van der Waals surface area contributed by atoms with E-state index in [4.69, 9.17) is 27.4 Å². The molecule has 0 aliphatic heterocycles. The molecule has 1 heterocycles. The molecule has 0 bridgehead atoms. The molecule has 3 N–H and O–H groups in total. The Bertz CT molecular complexity index is 751. The largest absolute Gasteiger partial charge is 0.497 e. The average Bonchev–Trinajstić information content (AvgIpc) is 2.52. The van der Waals surface area contributed by atoms with E-state index in [0.717, 1.165) is 12.0 Å². The van der Waals surface area contributed by atoms with Gasteiger partial charge in [0, 0.05) is 24.2 Å². The van der Waals surface area contributed by atoms with Crippen LogP contribution in [0.25, 0.3) is 11.3 Å². The van der Waals surface area contributed by atoms with Crippen LogP contribution in [0.4, 0.5) is 0 Å². The lowest BCUT2D eigenvalue weighted by Crippen LogP contribution is -2.16. The quantitative estimate of drug-likeness (QED) is 0.775. The van der Waals surface area contributed by atoms with E-state index in [0.29, 0.717) is 35.1 Å². The van der Waals surface area contributed by atoms with Gasteiger partial charge in [0.2, 0.25) is 0 Å². The van der Waals surface area contributed by atoms with Crippen molar-refractivity contribution in [1.29, 1.82) is 0 Å². The zero-order chi connectivity index (χ0) is 16.1. The van der Waals surface area contributed by atoms with Crippen molar-refractivity contribution in [3.8, 4) is 22.8 Å². The molecule has 1 aromatic carbocycles. The standard InChI is InChI=1S/C15H19N3O3S.ClH/c1-20-11-6-10(7-12(8-11)21-2)13-9-14(19)17-15(22)18(13)5-3-4-16;/h6-9H,3-5,16H2,1-2H3,(H,17,19,22);1H. The zero-order valence-electron chi connectivity index (χ0n) is 13.0. The van der Waals surface area contributed by atoms with Gasteiger partial charge in [-0.05, 0) is 37.3 Å². The smallest absolute Gasteiger partial charge is 0.252 e. The third-order valence-electron chi connectivity index (χ3n) is 3.27. The first-order valence-corrected chi connectivity index (χ1v) is 7.27. The van der Waals surface area contributed by atoms with Gasteiger partial charge in [0.25, 0.3) is 5.56 Å². The molecule has 23 heavy (non-hydrogen) atoms. The number of hydrogen-bond acceptors (Lipinski definition) is 5. The van der Waals surface area contributed by atoms with E-state index < -0.39 is 0 Å². The molecule has 0 aliphatic rings.